The van der Waals surface area contributed by atoms with E-state index in [1.165, 1.54) is 30.4 Å². The highest BCUT2D eigenvalue weighted by Gasteiger charge is 2.27. The number of amides is 1. The molecule has 0 aliphatic carbocycles. The highest BCUT2D eigenvalue weighted by molar-refractivity contribution is 5.96. The number of hydrogen-bond acceptors (Lipinski definition) is 4. The van der Waals surface area contributed by atoms with Crippen LogP contribution >= 0.6 is 0 Å². The smallest absolute Gasteiger partial charge is 0.326 e. The summed E-state index contributed by atoms with van der Waals surface area (Å²) < 4.78 is 1.39. The normalized spacial score (nSPS) is 12.2. The van der Waals surface area contributed by atoms with Gasteiger partial charge in [0.25, 0.3) is 5.91 Å². The number of carboxylic acid groups (broad SMARTS) is 1. The maximum Gasteiger partial charge on any atom is 0.326 e. The number of carboxylic acids is 1. The monoisotopic (exact) mass is 331 g/mol. The molecule has 2 rings (SSSR count). The van der Waals surface area contributed by atoms with E-state index in [0.29, 0.717) is 11.6 Å². The second-order valence-corrected chi connectivity index (χ2v) is 5.98. The van der Waals surface area contributed by atoms with Crippen LogP contribution in [0.1, 0.15) is 42.7 Å². The lowest BCUT2D eigenvalue weighted by Crippen LogP contribution is -2.40. The van der Waals surface area contributed by atoms with Gasteiger partial charge in [-0.25, -0.2) is 9.48 Å². The first-order valence-corrected chi connectivity index (χ1v) is 7.61. The van der Waals surface area contributed by atoms with E-state index in [-0.39, 0.29) is 11.4 Å². The summed E-state index contributed by atoms with van der Waals surface area (Å²) in [6.07, 6.45) is 1.33. The zero-order chi connectivity index (χ0) is 18.0. The highest BCUT2D eigenvalue weighted by atomic mass is 16.4. The van der Waals surface area contributed by atoms with Crippen LogP contribution in [0.25, 0.3) is 5.69 Å². The quantitative estimate of drug-likeness (QED) is 0.876. The summed E-state index contributed by atoms with van der Waals surface area (Å²) in [5.41, 5.74) is 1.68. The molecule has 0 bridgehead atoms. The number of aromatic nitrogens is 2. The van der Waals surface area contributed by atoms with Gasteiger partial charge in [0.2, 0.25) is 0 Å². The van der Waals surface area contributed by atoms with Crippen molar-refractivity contribution in [1.82, 2.24) is 14.7 Å². The van der Waals surface area contributed by atoms with Crippen molar-refractivity contribution >= 4 is 11.9 Å². The average Bonchev–Trinajstić information content (AvgIpc) is 2.94. The van der Waals surface area contributed by atoms with Crippen LogP contribution in [0.15, 0.2) is 30.5 Å². The predicted molar refractivity (Wildman–Crippen MR) is 88.5 cm³/mol. The number of carbonyl (C=O) groups excluding carboxylic acids is 1. The standard InChI is InChI=1S/C17H21N3O4/c1-10(2)12-5-7-13(8-6-12)20-9-14(21)15(18-20)16(22)19(4)11(3)17(23)24/h5-11,21H,1-4H3,(H,23,24). The van der Waals surface area contributed by atoms with Crippen LogP contribution < -0.4 is 0 Å². The molecule has 2 aromatic rings. The van der Waals surface area contributed by atoms with Gasteiger partial charge < -0.3 is 15.1 Å². The first-order valence-electron chi connectivity index (χ1n) is 7.61. The molecule has 1 aromatic heterocycles. The molecule has 1 amide bonds. The molecule has 1 unspecified atom stereocenters. The van der Waals surface area contributed by atoms with Crippen molar-refractivity contribution in [1.29, 1.82) is 0 Å². The fraction of sp³-hybridized carbons (Fsp3) is 0.353. The highest BCUT2D eigenvalue weighted by Crippen LogP contribution is 2.22. The van der Waals surface area contributed by atoms with E-state index in [4.69, 9.17) is 5.11 Å². The summed E-state index contributed by atoms with van der Waals surface area (Å²) in [5.74, 6) is -1.68. The molecule has 0 spiro atoms. The Labute approximate surface area is 140 Å². The summed E-state index contributed by atoms with van der Waals surface area (Å²) in [6, 6.07) is 6.59. The maximum absolute atomic E-state index is 12.3. The Morgan fingerprint density at radius 1 is 1.17 bits per heavy atom. The number of aromatic hydroxyl groups is 1. The number of carbonyl (C=O) groups is 2. The van der Waals surface area contributed by atoms with E-state index < -0.39 is 17.9 Å². The SMILES string of the molecule is CC(C)c1ccc(-n2cc(O)c(C(=O)N(C)C(C)C(=O)O)n2)cc1. The molecule has 0 fully saturated rings. The topological polar surface area (TPSA) is 95.7 Å². The van der Waals surface area contributed by atoms with Gasteiger partial charge in [-0.1, -0.05) is 26.0 Å². The fourth-order valence-electron chi connectivity index (χ4n) is 2.17. The molecule has 2 N–H and O–H groups in total. The van der Waals surface area contributed by atoms with Crippen LogP contribution in [0, 0.1) is 0 Å². The number of benzene rings is 1. The molecule has 128 valence electrons. The van der Waals surface area contributed by atoms with E-state index >= 15 is 0 Å². The van der Waals surface area contributed by atoms with Crippen molar-refractivity contribution in [2.75, 3.05) is 7.05 Å². The van der Waals surface area contributed by atoms with Crippen molar-refractivity contribution in [2.45, 2.75) is 32.7 Å². The second-order valence-electron chi connectivity index (χ2n) is 5.98. The van der Waals surface area contributed by atoms with Gasteiger partial charge in [0, 0.05) is 7.05 Å². The van der Waals surface area contributed by atoms with Gasteiger partial charge in [-0.2, -0.15) is 5.10 Å². The van der Waals surface area contributed by atoms with Gasteiger partial charge in [-0.15, -0.1) is 0 Å². The summed E-state index contributed by atoms with van der Waals surface area (Å²) in [5, 5.41) is 23.1. The largest absolute Gasteiger partial charge is 0.504 e. The summed E-state index contributed by atoms with van der Waals surface area (Å²) in [4.78, 5) is 24.3. The van der Waals surface area contributed by atoms with Crippen LogP contribution in [0.3, 0.4) is 0 Å². The fourth-order valence-corrected chi connectivity index (χ4v) is 2.17. The van der Waals surface area contributed by atoms with Crippen LogP contribution in [0.5, 0.6) is 5.75 Å². The first kappa shape index (κ1) is 17.5. The zero-order valence-electron chi connectivity index (χ0n) is 14.1. The van der Waals surface area contributed by atoms with Crippen molar-refractivity contribution < 1.29 is 19.8 Å². The van der Waals surface area contributed by atoms with Crippen LogP contribution in [-0.4, -0.2) is 49.9 Å². The molecule has 7 heteroatoms. The first-order chi connectivity index (χ1) is 11.2. The molecular weight excluding hydrogens is 310 g/mol. The number of hydrogen-bond donors (Lipinski definition) is 2. The Morgan fingerprint density at radius 2 is 1.75 bits per heavy atom. The third-order valence-corrected chi connectivity index (χ3v) is 3.98. The molecule has 7 nitrogen and oxygen atoms in total. The van der Waals surface area contributed by atoms with Crippen molar-refractivity contribution in [3.05, 3.63) is 41.7 Å². The van der Waals surface area contributed by atoms with Gasteiger partial charge in [0.1, 0.15) is 6.04 Å². The van der Waals surface area contributed by atoms with Gasteiger partial charge in [0.15, 0.2) is 11.4 Å². The Morgan fingerprint density at radius 3 is 2.25 bits per heavy atom. The van der Waals surface area contributed by atoms with Gasteiger partial charge in [-0.3, -0.25) is 4.79 Å². The Hall–Kier alpha value is -2.83. The molecule has 0 radical (unpaired) electrons. The Balaban J connectivity index is 2.29. The van der Waals surface area contributed by atoms with Crippen LogP contribution in [0.2, 0.25) is 0 Å². The predicted octanol–water partition coefficient (Wildman–Crippen LogP) is 2.25. The summed E-state index contributed by atoms with van der Waals surface area (Å²) in [7, 11) is 1.36. The number of rotatable bonds is 5. The molecule has 0 saturated carbocycles. The molecule has 1 aromatic carbocycles. The van der Waals surface area contributed by atoms with Gasteiger partial charge in [-0.05, 0) is 30.5 Å². The van der Waals surface area contributed by atoms with Gasteiger partial charge >= 0.3 is 5.97 Å². The molecule has 0 aliphatic rings. The Bertz CT molecular complexity index is 750. The lowest BCUT2D eigenvalue weighted by Gasteiger charge is -2.20. The molecule has 0 aliphatic heterocycles. The summed E-state index contributed by atoms with van der Waals surface area (Å²) in [6.45, 7) is 5.56. The van der Waals surface area contributed by atoms with E-state index in [9.17, 15) is 14.7 Å². The number of nitrogens with zero attached hydrogens (tertiary/aromatic N) is 3. The van der Waals surface area contributed by atoms with E-state index in [1.807, 2.05) is 24.3 Å². The minimum absolute atomic E-state index is 0.182. The minimum Gasteiger partial charge on any atom is -0.504 e. The van der Waals surface area contributed by atoms with Crippen LogP contribution in [-0.2, 0) is 4.79 Å². The van der Waals surface area contributed by atoms with E-state index in [2.05, 4.69) is 18.9 Å². The molecule has 0 saturated heterocycles. The lowest BCUT2D eigenvalue weighted by molar-refractivity contribution is -0.141. The van der Waals surface area contributed by atoms with Crippen LogP contribution in [0.4, 0.5) is 0 Å². The van der Waals surface area contributed by atoms with Gasteiger partial charge in [0.05, 0.1) is 11.9 Å². The van der Waals surface area contributed by atoms with Crippen molar-refractivity contribution in [3.63, 3.8) is 0 Å². The zero-order valence-corrected chi connectivity index (χ0v) is 14.1. The third-order valence-electron chi connectivity index (χ3n) is 3.98. The molecule has 24 heavy (non-hydrogen) atoms. The molecular formula is C17H21N3O4. The molecule has 1 atom stereocenters. The minimum atomic E-state index is -1.13. The summed E-state index contributed by atoms with van der Waals surface area (Å²) >= 11 is 0. The Kier molecular flexibility index (Phi) is 4.92. The van der Waals surface area contributed by atoms with Crippen molar-refractivity contribution in [2.24, 2.45) is 0 Å². The number of likely N-dealkylation sites (N-methyl/N-ethyl adjacent to an activating group) is 1. The maximum atomic E-state index is 12.3. The third kappa shape index (κ3) is 3.40. The van der Waals surface area contributed by atoms with Crippen molar-refractivity contribution in [3.8, 4) is 11.4 Å². The number of aliphatic carboxylic acids is 1. The van der Waals surface area contributed by atoms with E-state index in [0.717, 1.165) is 4.90 Å². The van der Waals surface area contributed by atoms with E-state index in [1.54, 1.807) is 0 Å². The lowest BCUT2D eigenvalue weighted by atomic mass is 10.0. The second kappa shape index (κ2) is 6.74. The average molecular weight is 331 g/mol. The molecule has 1 heterocycles.